The number of alkyl halides is 3. The summed E-state index contributed by atoms with van der Waals surface area (Å²) in [7, 11) is 0. The van der Waals surface area contributed by atoms with Crippen molar-refractivity contribution in [2.75, 3.05) is 0 Å². The van der Waals surface area contributed by atoms with E-state index in [0.717, 1.165) is 25.3 Å². The molecular weight excluding hydrogens is 335 g/mol. The van der Waals surface area contributed by atoms with E-state index < -0.39 is 17.6 Å². The first-order valence-electron chi connectivity index (χ1n) is 6.47. The number of carbonyl (C=O) groups is 1. The monoisotopic (exact) mass is 351 g/mol. The lowest BCUT2D eigenvalue weighted by atomic mass is 10.1. The van der Waals surface area contributed by atoms with Gasteiger partial charge in [-0.15, -0.1) is 0 Å². The molecule has 1 N–H and O–H groups in total. The van der Waals surface area contributed by atoms with Crippen molar-refractivity contribution in [3.8, 4) is 0 Å². The average Bonchev–Trinajstić information content (AvgIpc) is 2.37. The third-order valence-corrected chi connectivity index (χ3v) is 3.69. The van der Waals surface area contributed by atoms with E-state index >= 15 is 0 Å². The van der Waals surface area contributed by atoms with Crippen LogP contribution in [0.25, 0.3) is 0 Å². The van der Waals surface area contributed by atoms with Gasteiger partial charge >= 0.3 is 6.18 Å². The molecule has 112 valence electrons. The first-order valence-corrected chi connectivity index (χ1v) is 7.26. The molecule has 0 aliphatic rings. The SMILES string of the molecule is CCCC(CC)NC(=O)c1ccc(Br)c(C(F)(F)F)c1. The zero-order valence-electron chi connectivity index (χ0n) is 11.4. The van der Waals surface area contributed by atoms with E-state index in [1.54, 1.807) is 0 Å². The third-order valence-electron chi connectivity index (χ3n) is 3.00. The van der Waals surface area contributed by atoms with Gasteiger partial charge < -0.3 is 5.32 Å². The Hall–Kier alpha value is -1.04. The van der Waals surface area contributed by atoms with Crippen molar-refractivity contribution in [1.29, 1.82) is 0 Å². The molecule has 0 aliphatic carbocycles. The van der Waals surface area contributed by atoms with Crippen LogP contribution >= 0.6 is 15.9 Å². The number of hydrogen-bond donors (Lipinski definition) is 1. The first kappa shape index (κ1) is 17.0. The van der Waals surface area contributed by atoms with Gasteiger partial charge in [-0.1, -0.05) is 36.2 Å². The summed E-state index contributed by atoms with van der Waals surface area (Å²) in [6, 6.07) is 3.50. The van der Waals surface area contributed by atoms with Gasteiger partial charge in [0.2, 0.25) is 0 Å². The highest BCUT2D eigenvalue weighted by molar-refractivity contribution is 9.10. The van der Waals surface area contributed by atoms with Crippen LogP contribution in [0.3, 0.4) is 0 Å². The molecular formula is C14H17BrF3NO. The molecule has 0 radical (unpaired) electrons. The van der Waals surface area contributed by atoms with Gasteiger partial charge in [0, 0.05) is 16.1 Å². The Bertz CT molecular complexity index is 474. The van der Waals surface area contributed by atoms with Gasteiger partial charge in [-0.2, -0.15) is 13.2 Å². The normalized spacial score (nSPS) is 13.1. The van der Waals surface area contributed by atoms with Gasteiger partial charge in [0.1, 0.15) is 0 Å². The average molecular weight is 352 g/mol. The number of hydrogen-bond acceptors (Lipinski definition) is 1. The molecule has 0 bridgehead atoms. The van der Waals surface area contributed by atoms with E-state index in [1.807, 2.05) is 13.8 Å². The number of carbonyl (C=O) groups excluding carboxylic acids is 1. The second-order valence-corrected chi connectivity index (χ2v) is 5.41. The van der Waals surface area contributed by atoms with Crippen LogP contribution in [0.1, 0.15) is 49.0 Å². The Morgan fingerprint density at radius 3 is 2.50 bits per heavy atom. The highest BCUT2D eigenvalue weighted by atomic mass is 79.9. The van der Waals surface area contributed by atoms with Crippen LogP contribution in [-0.2, 0) is 6.18 Å². The zero-order valence-corrected chi connectivity index (χ0v) is 12.9. The first-order chi connectivity index (χ1) is 9.29. The molecule has 1 atom stereocenters. The van der Waals surface area contributed by atoms with Crippen LogP contribution in [0.4, 0.5) is 13.2 Å². The van der Waals surface area contributed by atoms with Crippen LogP contribution in [0.2, 0.25) is 0 Å². The molecule has 0 spiro atoms. The molecule has 1 aromatic rings. The summed E-state index contributed by atoms with van der Waals surface area (Å²) in [6.07, 6.45) is -2.01. The summed E-state index contributed by atoms with van der Waals surface area (Å²) in [5, 5.41) is 2.76. The van der Waals surface area contributed by atoms with Crippen molar-refractivity contribution < 1.29 is 18.0 Å². The van der Waals surface area contributed by atoms with Gasteiger partial charge in [0.05, 0.1) is 5.56 Å². The molecule has 0 saturated heterocycles. The van der Waals surface area contributed by atoms with Gasteiger partial charge in [-0.3, -0.25) is 4.79 Å². The fourth-order valence-electron chi connectivity index (χ4n) is 1.88. The summed E-state index contributed by atoms with van der Waals surface area (Å²) in [5.74, 6) is -0.469. The molecule has 0 saturated carbocycles. The smallest absolute Gasteiger partial charge is 0.349 e. The van der Waals surface area contributed by atoms with Crippen molar-refractivity contribution in [2.45, 2.75) is 45.3 Å². The van der Waals surface area contributed by atoms with E-state index in [4.69, 9.17) is 0 Å². The highest BCUT2D eigenvalue weighted by Crippen LogP contribution is 2.35. The number of rotatable bonds is 5. The molecule has 0 fully saturated rings. The quantitative estimate of drug-likeness (QED) is 0.812. The molecule has 0 aromatic heterocycles. The fraction of sp³-hybridized carbons (Fsp3) is 0.500. The van der Waals surface area contributed by atoms with Crippen molar-refractivity contribution in [1.82, 2.24) is 5.32 Å². The number of amides is 1. The van der Waals surface area contributed by atoms with E-state index in [2.05, 4.69) is 21.2 Å². The van der Waals surface area contributed by atoms with Gasteiger partial charge in [-0.05, 0) is 31.0 Å². The van der Waals surface area contributed by atoms with Crippen LogP contribution in [-0.4, -0.2) is 11.9 Å². The molecule has 1 amide bonds. The van der Waals surface area contributed by atoms with E-state index in [0.29, 0.717) is 0 Å². The molecule has 0 heterocycles. The van der Waals surface area contributed by atoms with Crippen LogP contribution < -0.4 is 5.32 Å². The topological polar surface area (TPSA) is 29.1 Å². The second kappa shape index (κ2) is 7.11. The Morgan fingerprint density at radius 1 is 1.35 bits per heavy atom. The van der Waals surface area contributed by atoms with Crippen LogP contribution in [0.5, 0.6) is 0 Å². The molecule has 6 heteroatoms. The van der Waals surface area contributed by atoms with Gasteiger partial charge in [0.15, 0.2) is 0 Å². The molecule has 20 heavy (non-hydrogen) atoms. The Morgan fingerprint density at radius 2 is 2.00 bits per heavy atom. The van der Waals surface area contributed by atoms with Crippen molar-refractivity contribution in [2.24, 2.45) is 0 Å². The largest absolute Gasteiger partial charge is 0.417 e. The molecule has 1 unspecified atom stereocenters. The lowest BCUT2D eigenvalue weighted by molar-refractivity contribution is -0.138. The number of benzene rings is 1. The maximum Gasteiger partial charge on any atom is 0.417 e. The van der Waals surface area contributed by atoms with Crippen molar-refractivity contribution >= 4 is 21.8 Å². The summed E-state index contributed by atoms with van der Waals surface area (Å²) < 4.78 is 38.3. The van der Waals surface area contributed by atoms with E-state index in [1.165, 1.54) is 12.1 Å². The number of halogens is 4. The predicted octanol–water partition coefficient (Wildman–Crippen LogP) is 4.78. The Kier molecular flexibility index (Phi) is 6.05. The van der Waals surface area contributed by atoms with Crippen LogP contribution in [0.15, 0.2) is 22.7 Å². The molecule has 1 aromatic carbocycles. The molecule has 1 rings (SSSR count). The predicted molar refractivity (Wildman–Crippen MR) is 75.6 cm³/mol. The number of nitrogens with one attached hydrogen (secondary N) is 1. The van der Waals surface area contributed by atoms with Gasteiger partial charge in [-0.25, -0.2) is 0 Å². The fourth-order valence-corrected chi connectivity index (χ4v) is 2.35. The molecule has 0 aliphatic heterocycles. The van der Waals surface area contributed by atoms with E-state index in [-0.39, 0.29) is 16.1 Å². The van der Waals surface area contributed by atoms with Crippen LogP contribution in [0, 0.1) is 0 Å². The van der Waals surface area contributed by atoms with Crippen molar-refractivity contribution in [3.63, 3.8) is 0 Å². The van der Waals surface area contributed by atoms with Crippen molar-refractivity contribution in [3.05, 3.63) is 33.8 Å². The molecule has 2 nitrogen and oxygen atoms in total. The van der Waals surface area contributed by atoms with E-state index in [9.17, 15) is 18.0 Å². The standard InChI is InChI=1S/C14H17BrF3NO/c1-3-5-10(4-2)19-13(20)9-6-7-12(15)11(8-9)14(16,17)18/h6-8,10H,3-5H2,1-2H3,(H,19,20). The Labute approximate surface area is 124 Å². The summed E-state index contributed by atoms with van der Waals surface area (Å²) >= 11 is 2.85. The minimum atomic E-state index is -4.48. The lowest BCUT2D eigenvalue weighted by Crippen LogP contribution is -2.34. The summed E-state index contributed by atoms with van der Waals surface area (Å²) in [4.78, 5) is 12.0. The maximum absolute atomic E-state index is 12.8. The Balaban J connectivity index is 2.94. The lowest BCUT2D eigenvalue weighted by Gasteiger charge is -2.17. The maximum atomic E-state index is 12.8. The second-order valence-electron chi connectivity index (χ2n) is 4.56. The summed E-state index contributed by atoms with van der Waals surface area (Å²) in [5.41, 5.74) is -0.816. The zero-order chi connectivity index (χ0) is 15.3. The summed E-state index contributed by atoms with van der Waals surface area (Å²) in [6.45, 7) is 3.93. The third kappa shape index (κ3) is 4.51. The minimum absolute atomic E-state index is 0.00881. The minimum Gasteiger partial charge on any atom is -0.349 e. The van der Waals surface area contributed by atoms with Gasteiger partial charge in [0.25, 0.3) is 5.91 Å². The highest BCUT2D eigenvalue weighted by Gasteiger charge is 2.33.